The molecular formula is C18H31BN2O5. The highest BCUT2D eigenvalue weighted by Gasteiger charge is 2.68. The Morgan fingerprint density at radius 1 is 1.27 bits per heavy atom. The van der Waals surface area contributed by atoms with Gasteiger partial charge in [0, 0.05) is 0 Å². The summed E-state index contributed by atoms with van der Waals surface area (Å²) in [5, 5.41) is 13.7. The Bertz CT molecular complexity index is 584. The summed E-state index contributed by atoms with van der Waals surface area (Å²) in [4.78, 5) is 22.7. The molecule has 5 atom stereocenters. The van der Waals surface area contributed by atoms with Gasteiger partial charge in [-0.2, -0.15) is 0 Å². The molecule has 4 fully saturated rings. The molecule has 7 nitrogen and oxygen atoms in total. The van der Waals surface area contributed by atoms with Crippen molar-refractivity contribution in [2.75, 3.05) is 6.54 Å². The molecule has 146 valence electrons. The van der Waals surface area contributed by atoms with Gasteiger partial charge >= 0.3 is 13.2 Å². The van der Waals surface area contributed by atoms with Crippen LogP contribution in [0.25, 0.3) is 0 Å². The fourth-order valence-corrected chi connectivity index (χ4v) is 5.23. The van der Waals surface area contributed by atoms with Gasteiger partial charge in [-0.15, -0.1) is 0 Å². The summed E-state index contributed by atoms with van der Waals surface area (Å²) < 4.78 is 12.7. The van der Waals surface area contributed by atoms with Crippen molar-refractivity contribution in [3.8, 4) is 0 Å². The Hall–Kier alpha value is -1.28. The van der Waals surface area contributed by atoms with E-state index >= 15 is 0 Å². The molecular weight excluding hydrogens is 335 g/mol. The summed E-state index contributed by atoms with van der Waals surface area (Å²) in [7, 11) is -0.490. The minimum atomic E-state index is -1.21. The number of nitrogens with one attached hydrogen (secondary N) is 2. The zero-order chi connectivity index (χ0) is 19.3. The molecule has 1 aliphatic heterocycles. The van der Waals surface area contributed by atoms with Gasteiger partial charge in [0.15, 0.2) is 0 Å². The number of rotatable bonds is 6. The number of amides is 2. The third-order valence-corrected chi connectivity index (χ3v) is 6.77. The smallest absolute Gasteiger partial charge is 0.465 e. The van der Waals surface area contributed by atoms with Crippen LogP contribution in [0.3, 0.4) is 0 Å². The largest absolute Gasteiger partial charge is 0.481 e. The SMILES string of the molecule is CC(C)C[C@H](NC(=O)CNC(=O)O)B1O[C@@H]2C[C@@H]3C[C@@H](C3(C)C)[C@]2(C)O1. The Kier molecular flexibility index (Phi) is 5.03. The number of carbonyl (C=O) groups excluding carboxylic acids is 1. The number of hydrogen-bond donors (Lipinski definition) is 3. The predicted molar refractivity (Wildman–Crippen MR) is 97.5 cm³/mol. The van der Waals surface area contributed by atoms with Gasteiger partial charge in [-0.3, -0.25) is 4.79 Å². The number of carbonyl (C=O) groups is 2. The number of carboxylic acid groups (broad SMARTS) is 1. The van der Waals surface area contributed by atoms with E-state index in [0.717, 1.165) is 6.42 Å². The molecule has 3 saturated carbocycles. The van der Waals surface area contributed by atoms with Gasteiger partial charge in [0.05, 0.1) is 24.2 Å². The maximum atomic E-state index is 12.1. The van der Waals surface area contributed by atoms with Gasteiger partial charge in [-0.1, -0.05) is 27.7 Å². The fraction of sp³-hybridized carbons (Fsp3) is 0.889. The van der Waals surface area contributed by atoms with Crippen molar-refractivity contribution >= 4 is 19.1 Å². The zero-order valence-electron chi connectivity index (χ0n) is 16.4. The summed E-state index contributed by atoms with van der Waals surface area (Å²) in [6, 6.07) is 0. The second-order valence-corrected chi connectivity index (χ2v) is 9.30. The van der Waals surface area contributed by atoms with Crippen molar-refractivity contribution in [2.45, 2.75) is 71.5 Å². The fourth-order valence-electron chi connectivity index (χ4n) is 5.23. The summed E-state index contributed by atoms with van der Waals surface area (Å²) in [5.74, 6) is 0.829. The molecule has 3 N–H and O–H groups in total. The second-order valence-electron chi connectivity index (χ2n) is 9.30. The van der Waals surface area contributed by atoms with Crippen molar-refractivity contribution in [1.82, 2.24) is 10.6 Å². The maximum Gasteiger partial charge on any atom is 0.481 e. The monoisotopic (exact) mass is 366 g/mol. The summed E-state index contributed by atoms with van der Waals surface area (Å²) >= 11 is 0. The van der Waals surface area contributed by atoms with Crippen LogP contribution in [-0.2, 0) is 14.1 Å². The highest BCUT2D eigenvalue weighted by atomic mass is 16.7. The van der Waals surface area contributed by atoms with Crippen LogP contribution in [0.2, 0.25) is 0 Å². The minimum Gasteiger partial charge on any atom is -0.465 e. The van der Waals surface area contributed by atoms with Crippen LogP contribution in [0.5, 0.6) is 0 Å². The molecule has 0 spiro atoms. The standard InChI is InChI=1S/C18H31BN2O5/c1-10(2)6-14(21-15(22)9-20-16(23)24)19-25-13-8-11-7-12(17(11,3)4)18(13,5)26-19/h10-14,20H,6-9H2,1-5H3,(H,21,22)(H,23,24)/t11-,12-,13+,14-,18-/m0/s1. The third-order valence-electron chi connectivity index (χ3n) is 6.77. The van der Waals surface area contributed by atoms with Crippen LogP contribution in [0.1, 0.15) is 53.9 Å². The molecule has 0 radical (unpaired) electrons. The molecule has 26 heavy (non-hydrogen) atoms. The molecule has 0 unspecified atom stereocenters. The molecule has 4 rings (SSSR count). The average molecular weight is 366 g/mol. The van der Waals surface area contributed by atoms with Crippen LogP contribution >= 0.6 is 0 Å². The van der Waals surface area contributed by atoms with Gasteiger partial charge in [-0.05, 0) is 49.4 Å². The zero-order valence-corrected chi connectivity index (χ0v) is 16.4. The van der Waals surface area contributed by atoms with Crippen molar-refractivity contribution in [2.24, 2.45) is 23.2 Å². The second kappa shape index (κ2) is 6.71. The normalized spacial score (nSPS) is 35.5. The topological polar surface area (TPSA) is 96.9 Å². The van der Waals surface area contributed by atoms with E-state index in [1.165, 1.54) is 6.42 Å². The molecule has 0 aromatic carbocycles. The molecule has 1 heterocycles. The van der Waals surface area contributed by atoms with Crippen molar-refractivity contribution in [3.63, 3.8) is 0 Å². The Morgan fingerprint density at radius 3 is 2.54 bits per heavy atom. The van der Waals surface area contributed by atoms with E-state index in [0.29, 0.717) is 24.2 Å². The number of hydrogen-bond acceptors (Lipinski definition) is 4. The van der Waals surface area contributed by atoms with E-state index < -0.39 is 13.2 Å². The van der Waals surface area contributed by atoms with E-state index in [2.05, 4.69) is 45.3 Å². The first-order valence-electron chi connectivity index (χ1n) is 9.63. The molecule has 2 amide bonds. The van der Waals surface area contributed by atoms with Gasteiger partial charge in [-0.25, -0.2) is 4.79 Å². The van der Waals surface area contributed by atoms with E-state index in [1.54, 1.807) is 0 Å². The van der Waals surface area contributed by atoms with Crippen LogP contribution < -0.4 is 10.6 Å². The lowest BCUT2D eigenvalue weighted by molar-refractivity contribution is -0.199. The lowest BCUT2D eigenvalue weighted by Crippen LogP contribution is -2.65. The molecule has 8 heteroatoms. The van der Waals surface area contributed by atoms with E-state index in [9.17, 15) is 9.59 Å². The molecule has 0 aromatic rings. The van der Waals surface area contributed by atoms with Crippen molar-refractivity contribution in [1.29, 1.82) is 0 Å². The quantitative estimate of drug-likeness (QED) is 0.625. The predicted octanol–water partition coefficient (Wildman–Crippen LogP) is 2.05. The molecule has 2 bridgehead atoms. The van der Waals surface area contributed by atoms with Crippen LogP contribution in [0.4, 0.5) is 4.79 Å². The lowest BCUT2D eigenvalue weighted by atomic mass is 9.43. The van der Waals surface area contributed by atoms with Gasteiger partial charge in [0.1, 0.15) is 0 Å². The van der Waals surface area contributed by atoms with E-state index in [1.807, 2.05) is 0 Å². The van der Waals surface area contributed by atoms with Crippen molar-refractivity contribution < 1.29 is 24.0 Å². The summed E-state index contributed by atoms with van der Waals surface area (Å²) in [6.45, 7) is 10.7. The highest BCUT2D eigenvalue weighted by Crippen LogP contribution is 2.65. The highest BCUT2D eigenvalue weighted by molar-refractivity contribution is 6.47. The molecule has 3 aliphatic carbocycles. The molecule has 4 aliphatic rings. The first-order valence-corrected chi connectivity index (χ1v) is 9.63. The first kappa shape index (κ1) is 19.5. The minimum absolute atomic E-state index is 0.0629. The maximum absolute atomic E-state index is 12.1. The first-order chi connectivity index (χ1) is 12.0. The lowest BCUT2D eigenvalue weighted by Gasteiger charge is -2.64. The third kappa shape index (κ3) is 3.33. The molecule has 0 aromatic heterocycles. The van der Waals surface area contributed by atoms with Crippen LogP contribution in [0, 0.1) is 23.2 Å². The van der Waals surface area contributed by atoms with E-state index in [-0.39, 0.29) is 35.5 Å². The average Bonchev–Trinajstić information content (AvgIpc) is 2.88. The summed E-state index contributed by atoms with van der Waals surface area (Å²) in [6.07, 6.45) is 1.74. The van der Waals surface area contributed by atoms with Crippen LogP contribution in [-0.4, -0.2) is 48.4 Å². The van der Waals surface area contributed by atoms with E-state index in [4.69, 9.17) is 14.4 Å². The Morgan fingerprint density at radius 2 is 1.96 bits per heavy atom. The van der Waals surface area contributed by atoms with Gasteiger partial charge in [0.2, 0.25) is 5.91 Å². The van der Waals surface area contributed by atoms with Gasteiger partial charge in [0.25, 0.3) is 0 Å². The Balaban J connectivity index is 1.68. The molecule has 1 saturated heterocycles. The Labute approximate surface area is 155 Å². The van der Waals surface area contributed by atoms with Gasteiger partial charge < -0.3 is 25.0 Å². The summed E-state index contributed by atoms with van der Waals surface area (Å²) in [5.41, 5.74) is -0.0477. The van der Waals surface area contributed by atoms with Crippen molar-refractivity contribution in [3.05, 3.63) is 0 Å². The van der Waals surface area contributed by atoms with Crippen LogP contribution in [0.15, 0.2) is 0 Å².